The first-order chi connectivity index (χ1) is 6.75. The summed E-state index contributed by atoms with van der Waals surface area (Å²) in [5, 5.41) is 9.77. The number of thiazole rings is 1. The molecule has 0 bridgehead atoms. The van der Waals surface area contributed by atoms with Crippen LogP contribution in [0.15, 0.2) is 32.9 Å². The molecule has 2 heterocycles. The molecule has 0 aliphatic rings. The van der Waals surface area contributed by atoms with Gasteiger partial charge in [-0.3, -0.25) is 4.98 Å². The molecule has 0 amide bonds. The first-order valence-electron chi connectivity index (χ1n) is 4.06. The monoisotopic (exact) mass is 273 g/mol. The van der Waals surface area contributed by atoms with E-state index in [1.807, 2.05) is 0 Å². The minimum absolute atomic E-state index is 0.546. The second-order valence-electron chi connectivity index (χ2n) is 2.83. The summed E-state index contributed by atoms with van der Waals surface area (Å²) in [6.45, 7) is 0. The highest BCUT2D eigenvalue weighted by Gasteiger charge is 2.13. The van der Waals surface area contributed by atoms with Crippen LogP contribution in [0, 0.1) is 0 Å². The van der Waals surface area contributed by atoms with Crippen LogP contribution in [-0.2, 0) is 6.42 Å². The van der Waals surface area contributed by atoms with Gasteiger partial charge in [-0.05, 0) is 28.1 Å². The van der Waals surface area contributed by atoms with Crippen LogP contribution in [-0.4, -0.2) is 10.1 Å². The number of hydrogen-bond acceptors (Lipinski definition) is 4. The Kier molecular flexibility index (Phi) is 3.00. The highest BCUT2D eigenvalue weighted by atomic mass is 79.9. The largest absolute Gasteiger partial charge is 0.452 e. The summed E-state index contributed by atoms with van der Waals surface area (Å²) in [6, 6.07) is 3.53. The van der Waals surface area contributed by atoms with Gasteiger partial charge in [-0.25, -0.2) is 0 Å². The van der Waals surface area contributed by atoms with Gasteiger partial charge < -0.3 is 9.52 Å². The summed E-state index contributed by atoms with van der Waals surface area (Å²) < 4.78 is 5.88. The molecule has 0 fully saturated rings. The van der Waals surface area contributed by atoms with Gasteiger partial charge >= 0.3 is 0 Å². The van der Waals surface area contributed by atoms with Crippen LogP contribution in [0.4, 0.5) is 0 Å². The molecule has 0 radical (unpaired) electrons. The van der Waals surface area contributed by atoms with Crippen molar-refractivity contribution in [1.29, 1.82) is 0 Å². The van der Waals surface area contributed by atoms with Crippen LogP contribution in [0.2, 0.25) is 0 Å². The fraction of sp³-hybridized carbons (Fsp3) is 0.222. The molecule has 2 rings (SSSR count). The molecule has 2 aromatic rings. The number of aromatic nitrogens is 1. The first kappa shape index (κ1) is 9.89. The van der Waals surface area contributed by atoms with Gasteiger partial charge in [0.2, 0.25) is 0 Å². The minimum atomic E-state index is -0.596. The SMILES string of the molecule is OC(Cc1cncs1)c1ccc(Br)o1. The van der Waals surface area contributed by atoms with E-state index in [0.717, 1.165) is 4.88 Å². The van der Waals surface area contributed by atoms with Crippen LogP contribution < -0.4 is 0 Å². The molecule has 2 aromatic heterocycles. The van der Waals surface area contributed by atoms with E-state index in [2.05, 4.69) is 20.9 Å². The molecule has 1 N–H and O–H groups in total. The normalized spacial score (nSPS) is 13.0. The van der Waals surface area contributed by atoms with E-state index in [4.69, 9.17) is 4.42 Å². The maximum atomic E-state index is 9.77. The third-order valence-corrected chi connectivity index (χ3v) is 3.03. The van der Waals surface area contributed by atoms with Gasteiger partial charge in [0.15, 0.2) is 4.67 Å². The Balaban J connectivity index is 2.06. The molecule has 1 unspecified atom stereocenters. The zero-order valence-electron chi connectivity index (χ0n) is 7.18. The molecular formula is C9H8BrNO2S. The maximum Gasteiger partial charge on any atom is 0.169 e. The van der Waals surface area contributed by atoms with E-state index < -0.39 is 6.10 Å². The molecule has 1 atom stereocenters. The smallest absolute Gasteiger partial charge is 0.169 e. The van der Waals surface area contributed by atoms with E-state index in [9.17, 15) is 5.11 Å². The van der Waals surface area contributed by atoms with Gasteiger partial charge in [-0.15, -0.1) is 11.3 Å². The standard InChI is InChI=1S/C9H8BrNO2S/c10-9-2-1-8(13-9)7(12)3-6-4-11-5-14-6/h1-2,4-5,7,12H,3H2. The third kappa shape index (κ3) is 2.23. The van der Waals surface area contributed by atoms with Crippen molar-refractivity contribution in [3.63, 3.8) is 0 Å². The lowest BCUT2D eigenvalue weighted by atomic mass is 10.2. The number of halogens is 1. The summed E-state index contributed by atoms with van der Waals surface area (Å²) in [5.41, 5.74) is 1.75. The molecule has 0 aliphatic heterocycles. The maximum absolute atomic E-state index is 9.77. The van der Waals surface area contributed by atoms with Gasteiger partial charge in [0.05, 0.1) is 5.51 Å². The highest BCUT2D eigenvalue weighted by molar-refractivity contribution is 9.10. The van der Waals surface area contributed by atoms with Crippen LogP contribution in [0.3, 0.4) is 0 Å². The van der Waals surface area contributed by atoms with E-state index >= 15 is 0 Å². The molecule has 0 saturated heterocycles. The van der Waals surface area contributed by atoms with Crippen molar-refractivity contribution in [3.8, 4) is 0 Å². The Morgan fingerprint density at radius 3 is 3.00 bits per heavy atom. The summed E-state index contributed by atoms with van der Waals surface area (Å²) in [4.78, 5) is 4.99. The lowest BCUT2D eigenvalue weighted by Crippen LogP contribution is -1.98. The van der Waals surface area contributed by atoms with Crippen molar-refractivity contribution in [2.24, 2.45) is 0 Å². The molecule has 14 heavy (non-hydrogen) atoms. The quantitative estimate of drug-likeness (QED) is 0.936. The van der Waals surface area contributed by atoms with Crippen LogP contribution >= 0.6 is 27.3 Å². The predicted molar refractivity (Wildman–Crippen MR) is 57.2 cm³/mol. The van der Waals surface area contributed by atoms with Crippen molar-refractivity contribution in [1.82, 2.24) is 4.98 Å². The molecule has 0 spiro atoms. The summed E-state index contributed by atoms with van der Waals surface area (Å²) in [7, 11) is 0. The van der Waals surface area contributed by atoms with Crippen LogP contribution in [0.25, 0.3) is 0 Å². The van der Waals surface area contributed by atoms with E-state index in [-0.39, 0.29) is 0 Å². The summed E-state index contributed by atoms with van der Waals surface area (Å²) in [5.74, 6) is 0.574. The van der Waals surface area contributed by atoms with Gasteiger partial charge in [0.25, 0.3) is 0 Å². The third-order valence-electron chi connectivity index (χ3n) is 1.80. The zero-order chi connectivity index (χ0) is 9.97. The van der Waals surface area contributed by atoms with Gasteiger partial charge in [-0.2, -0.15) is 0 Å². The number of aliphatic hydroxyl groups is 1. The number of aliphatic hydroxyl groups excluding tert-OH is 1. The molecule has 3 nitrogen and oxygen atoms in total. The van der Waals surface area contributed by atoms with Crippen molar-refractivity contribution in [3.05, 3.63) is 39.1 Å². The molecule has 0 saturated carbocycles. The Labute approximate surface area is 93.5 Å². The van der Waals surface area contributed by atoms with E-state index in [1.165, 1.54) is 11.3 Å². The topological polar surface area (TPSA) is 46.3 Å². The molecule has 0 aromatic carbocycles. The average molecular weight is 274 g/mol. The number of rotatable bonds is 3. The average Bonchev–Trinajstić information content (AvgIpc) is 2.75. The van der Waals surface area contributed by atoms with Gasteiger partial charge in [-0.1, -0.05) is 0 Å². The van der Waals surface area contributed by atoms with Crippen LogP contribution in [0.5, 0.6) is 0 Å². The molecular weight excluding hydrogens is 266 g/mol. The number of nitrogens with zero attached hydrogens (tertiary/aromatic N) is 1. The van der Waals surface area contributed by atoms with E-state index in [1.54, 1.807) is 23.8 Å². The van der Waals surface area contributed by atoms with Crippen molar-refractivity contribution >= 4 is 27.3 Å². The zero-order valence-corrected chi connectivity index (χ0v) is 9.59. The Morgan fingerprint density at radius 2 is 2.43 bits per heavy atom. The highest BCUT2D eigenvalue weighted by Crippen LogP contribution is 2.24. The molecule has 5 heteroatoms. The summed E-state index contributed by atoms with van der Waals surface area (Å²) >= 11 is 4.72. The molecule has 74 valence electrons. The van der Waals surface area contributed by atoms with E-state index in [0.29, 0.717) is 16.9 Å². The van der Waals surface area contributed by atoms with Crippen molar-refractivity contribution < 1.29 is 9.52 Å². The minimum Gasteiger partial charge on any atom is -0.452 e. The fourth-order valence-electron chi connectivity index (χ4n) is 1.14. The van der Waals surface area contributed by atoms with Crippen molar-refractivity contribution in [2.45, 2.75) is 12.5 Å². The number of hydrogen-bond donors (Lipinski definition) is 1. The Hall–Kier alpha value is -0.650. The number of furan rings is 1. The molecule has 0 aliphatic carbocycles. The predicted octanol–water partition coefficient (Wildman–Crippen LogP) is 2.77. The second-order valence-corrected chi connectivity index (χ2v) is 4.58. The first-order valence-corrected chi connectivity index (χ1v) is 5.73. The summed E-state index contributed by atoms with van der Waals surface area (Å²) in [6.07, 6.45) is 1.71. The lowest BCUT2D eigenvalue weighted by molar-refractivity contribution is 0.149. The van der Waals surface area contributed by atoms with Crippen LogP contribution in [0.1, 0.15) is 16.7 Å². The van der Waals surface area contributed by atoms with Gasteiger partial charge in [0.1, 0.15) is 11.9 Å². The Bertz CT molecular complexity index is 399. The second kappa shape index (κ2) is 4.25. The van der Waals surface area contributed by atoms with Crippen molar-refractivity contribution in [2.75, 3.05) is 0 Å². The fourth-order valence-corrected chi connectivity index (χ4v) is 2.09. The van der Waals surface area contributed by atoms with Gasteiger partial charge in [0, 0.05) is 17.5 Å². The Morgan fingerprint density at radius 1 is 1.57 bits per heavy atom. The lowest BCUT2D eigenvalue weighted by Gasteiger charge is -2.04.